The van der Waals surface area contributed by atoms with E-state index in [0.29, 0.717) is 22.9 Å². The van der Waals surface area contributed by atoms with E-state index < -0.39 is 11.6 Å². The van der Waals surface area contributed by atoms with Gasteiger partial charge in [-0.2, -0.15) is 0 Å². The Morgan fingerprint density at radius 1 is 1.29 bits per heavy atom. The number of carboxylic acid groups (broad SMARTS) is 1. The fraction of sp³-hybridized carbons (Fsp3) is 0.524. The molecule has 1 aromatic heterocycles. The number of aryl methyl sites for hydroxylation is 1. The van der Waals surface area contributed by atoms with E-state index in [0.717, 1.165) is 23.8 Å². The van der Waals surface area contributed by atoms with Gasteiger partial charge in [0, 0.05) is 28.6 Å². The lowest BCUT2D eigenvalue weighted by Crippen LogP contribution is -2.55. The zero-order valence-corrected chi connectivity index (χ0v) is 17.3. The summed E-state index contributed by atoms with van der Waals surface area (Å²) in [6, 6.07) is 5.13. The molecule has 4 rings (SSSR count). The first-order valence-corrected chi connectivity index (χ1v) is 9.99. The van der Waals surface area contributed by atoms with Gasteiger partial charge in [-0.3, -0.25) is 9.69 Å². The number of hydrogen-bond acceptors (Lipinski definition) is 3. The van der Waals surface area contributed by atoms with Crippen LogP contribution in [0.25, 0.3) is 11.0 Å². The molecule has 0 spiro atoms. The summed E-state index contributed by atoms with van der Waals surface area (Å²) < 4.78 is 5.56. The number of amides is 2. The zero-order chi connectivity index (χ0) is 20.4. The molecule has 0 radical (unpaired) electrons. The van der Waals surface area contributed by atoms with Crippen molar-refractivity contribution in [3.8, 4) is 0 Å². The normalized spacial score (nSPS) is 24.2. The molecule has 6 nitrogen and oxygen atoms in total. The third-order valence-corrected chi connectivity index (χ3v) is 6.52. The molecule has 1 aliphatic carbocycles. The van der Waals surface area contributed by atoms with Crippen molar-refractivity contribution >= 4 is 34.6 Å². The van der Waals surface area contributed by atoms with E-state index in [-0.39, 0.29) is 23.9 Å². The molecule has 1 saturated carbocycles. The minimum atomic E-state index is -0.925. The predicted molar refractivity (Wildman–Crippen MR) is 107 cm³/mol. The van der Waals surface area contributed by atoms with E-state index >= 15 is 0 Å². The topological polar surface area (TPSA) is 74.0 Å². The van der Waals surface area contributed by atoms with Crippen LogP contribution in [0.4, 0.5) is 4.79 Å². The van der Waals surface area contributed by atoms with E-state index in [4.69, 9.17) is 16.0 Å². The molecule has 2 bridgehead atoms. The predicted octanol–water partition coefficient (Wildman–Crippen LogP) is 4.78. The first-order valence-electron chi connectivity index (χ1n) is 9.61. The lowest BCUT2D eigenvalue weighted by Gasteiger charge is -2.40. The summed E-state index contributed by atoms with van der Waals surface area (Å²) in [6.07, 6.45) is 0.852. The number of furan rings is 1. The van der Waals surface area contributed by atoms with Crippen LogP contribution in [0, 0.1) is 12.8 Å². The van der Waals surface area contributed by atoms with Crippen molar-refractivity contribution in [1.82, 2.24) is 9.80 Å². The van der Waals surface area contributed by atoms with Gasteiger partial charge in [0.1, 0.15) is 5.58 Å². The summed E-state index contributed by atoms with van der Waals surface area (Å²) in [6.45, 7) is 8.18. The van der Waals surface area contributed by atoms with Crippen molar-refractivity contribution in [3.05, 3.63) is 34.5 Å². The van der Waals surface area contributed by atoms with Crippen molar-refractivity contribution in [1.29, 1.82) is 0 Å². The van der Waals surface area contributed by atoms with Gasteiger partial charge < -0.3 is 14.4 Å². The third kappa shape index (κ3) is 2.85. The lowest BCUT2D eigenvalue weighted by molar-refractivity contribution is 0.0503. The van der Waals surface area contributed by atoms with E-state index in [1.54, 1.807) is 17.0 Å². The smallest absolute Gasteiger partial charge is 0.408 e. The summed E-state index contributed by atoms with van der Waals surface area (Å²) in [5, 5.41) is 11.0. The molecule has 2 aliphatic rings. The van der Waals surface area contributed by atoms with Gasteiger partial charge in [-0.1, -0.05) is 6.07 Å². The largest absolute Gasteiger partial charge is 0.465 e. The highest BCUT2D eigenvalue weighted by Crippen LogP contribution is 2.44. The first kappa shape index (κ1) is 19.1. The van der Waals surface area contributed by atoms with Crippen LogP contribution >= 0.6 is 11.6 Å². The Balaban J connectivity index is 1.64. The highest BCUT2D eigenvalue weighted by Gasteiger charge is 2.54. The maximum Gasteiger partial charge on any atom is 0.408 e. The zero-order valence-electron chi connectivity index (χ0n) is 16.5. The molecule has 3 atom stereocenters. The Morgan fingerprint density at radius 3 is 2.64 bits per heavy atom. The lowest BCUT2D eigenvalue weighted by atomic mass is 9.98. The quantitative estimate of drug-likeness (QED) is 0.781. The molecule has 1 aromatic carbocycles. The molecule has 2 amide bonds. The van der Waals surface area contributed by atoms with Crippen LogP contribution in [0.15, 0.2) is 22.6 Å². The van der Waals surface area contributed by atoms with Gasteiger partial charge in [0.25, 0.3) is 5.91 Å². The Bertz CT molecular complexity index is 961. The average Bonchev–Trinajstić information content (AvgIpc) is 3.24. The molecule has 1 N–H and O–H groups in total. The van der Waals surface area contributed by atoms with Crippen LogP contribution in [0.3, 0.4) is 0 Å². The van der Waals surface area contributed by atoms with Gasteiger partial charge in [0.2, 0.25) is 0 Å². The number of nitrogens with zero attached hydrogens (tertiary/aromatic N) is 2. The molecule has 2 fully saturated rings. The number of carbonyl (C=O) groups is 2. The number of hydrogen-bond donors (Lipinski definition) is 1. The second kappa shape index (κ2) is 6.41. The number of rotatable bonds is 2. The minimum Gasteiger partial charge on any atom is -0.465 e. The molecule has 2 aromatic rings. The van der Waals surface area contributed by atoms with Gasteiger partial charge in [0.05, 0.1) is 12.1 Å². The molecule has 150 valence electrons. The Kier molecular flexibility index (Phi) is 4.38. The van der Waals surface area contributed by atoms with E-state index in [2.05, 4.69) is 0 Å². The van der Waals surface area contributed by atoms with Crippen molar-refractivity contribution in [3.63, 3.8) is 0 Å². The van der Waals surface area contributed by atoms with Gasteiger partial charge in [0.15, 0.2) is 5.22 Å². The van der Waals surface area contributed by atoms with Crippen molar-refractivity contribution in [2.45, 2.75) is 58.2 Å². The molecule has 1 aliphatic heterocycles. The summed E-state index contributed by atoms with van der Waals surface area (Å²) in [7, 11) is 0. The molecular weight excluding hydrogens is 380 g/mol. The summed E-state index contributed by atoms with van der Waals surface area (Å²) >= 11 is 6.07. The highest BCUT2D eigenvalue weighted by atomic mass is 35.5. The number of halogens is 1. The number of carbonyl (C=O) groups excluding carboxylic acids is 1. The van der Waals surface area contributed by atoms with Crippen LogP contribution in [0.1, 0.15) is 49.5 Å². The summed E-state index contributed by atoms with van der Waals surface area (Å²) in [4.78, 5) is 28.6. The van der Waals surface area contributed by atoms with Gasteiger partial charge in [-0.05, 0) is 70.2 Å². The Morgan fingerprint density at radius 2 is 2.00 bits per heavy atom. The second-order valence-electron chi connectivity index (χ2n) is 8.89. The maximum absolute atomic E-state index is 13.2. The van der Waals surface area contributed by atoms with Crippen LogP contribution in [-0.4, -0.2) is 51.1 Å². The van der Waals surface area contributed by atoms with E-state index in [1.807, 2.05) is 38.7 Å². The number of benzene rings is 1. The van der Waals surface area contributed by atoms with Crippen LogP contribution in [0.2, 0.25) is 5.22 Å². The SMILES string of the molecule is Cc1c(Cl)oc2cc(C(=O)N3CC4CCC3[C@@H]4N(C(=O)O)C(C)(C)C)ccc12. The second-order valence-corrected chi connectivity index (χ2v) is 9.23. The third-order valence-electron chi connectivity index (χ3n) is 6.16. The fourth-order valence-electron chi connectivity index (χ4n) is 4.94. The van der Waals surface area contributed by atoms with Gasteiger partial charge in [-0.25, -0.2) is 4.79 Å². The highest BCUT2D eigenvalue weighted by molar-refractivity contribution is 6.30. The van der Waals surface area contributed by atoms with Crippen molar-refractivity contribution < 1.29 is 19.1 Å². The average molecular weight is 405 g/mol. The van der Waals surface area contributed by atoms with Crippen molar-refractivity contribution in [2.75, 3.05) is 6.54 Å². The van der Waals surface area contributed by atoms with Gasteiger partial charge in [-0.15, -0.1) is 0 Å². The molecule has 2 heterocycles. The van der Waals surface area contributed by atoms with Crippen LogP contribution < -0.4 is 0 Å². The van der Waals surface area contributed by atoms with Crippen molar-refractivity contribution in [2.24, 2.45) is 5.92 Å². The summed E-state index contributed by atoms with van der Waals surface area (Å²) in [5.74, 6) is 0.0943. The van der Waals surface area contributed by atoms with Crippen LogP contribution in [-0.2, 0) is 0 Å². The van der Waals surface area contributed by atoms with E-state index in [9.17, 15) is 14.7 Å². The maximum atomic E-state index is 13.2. The molecule has 2 unspecified atom stereocenters. The van der Waals surface area contributed by atoms with Gasteiger partial charge >= 0.3 is 6.09 Å². The number of piperidine rings is 1. The Hall–Kier alpha value is -2.21. The molecule has 1 saturated heterocycles. The minimum absolute atomic E-state index is 0.0801. The molecular formula is C21H25ClN2O4. The molecule has 7 heteroatoms. The fourth-order valence-corrected chi connectivity index (χ4v) is 5.13. The van der Waals surface area contributed by atoms with E-state index in [1.165, 1.54) is 0 Å². The molecule has 28 heavy (non-hydrogen) atoms. The number of likely N-dealkylation sites (tertiary alicyclic amines) is 1. The number of fused-ring (bicyclic) bond motifs is 3. The first-order chi connectivity index (χ1) is 13.1. The standard InChI is InChI=1S/C21H25ClN2O4/c1-11-14-7-5-12(9-16(14)28-18(11)22)19(25)23-10-13-6-8-15(23)17(13)24(20(26)27)21(2,3)4/h5,7,9,13,15,17H,6,8,10H2,1-4H3,(H,26,27)/t13?,15?,17-/m1/s1. The Labute approximate surface area is 169 Å². The summed E-state index contributed by atoms with van der Waals surface area (Å²) in [5.41, 5.74) is 1.48. The van der Waals surface area contributed by atoms with Crippen LogP contribution in [0.5, 0.6) is 0 Å². The monoisotopic (exact) mass is 404 g/mol.